The van der Waals surface area contributed by atoms with Gasteiger partial charge >= 0.3 is 5.97 Å². The molecule has 150 valence electrons. The molecule has 1 heterocycles. The number of halogens is 2. The maximum absolute atomic E-state index is 13.4. The number of ether oxygens (including phenoxy) is 1. The lowest BCUT2D eigenvalue weighted by Crippen LogP contribution is -2.07. The second-order valence-electron chi connectivity index (χ2n) is 6.76. The Labute approximate surface area is 173 Å². The predicted molar refractivity (Wildman–Crippen MR) is 111 cm³/mol. The van der Waals surface area contributed by atoms with Gasteiger partial charge in [0.1, 0.15) is 11.6 Å². The molecule has 2 aromatic carbocycles. The van der Waals surface area contributed by atoms with Gasteiger partial charge in [0.25, 0.3) is 0 Å². The topological polar surface area (TPSA) is 59.4 Å². The van der Waals surface area contributed by atoms with Crippen LogP contribution in [0.1, 0.15) is 40.5 Å². The average Bonchev–Trinajstić information content (AvgIpc) is 2.69. The number of carboxylic acids is 1. The Kier molecular flexibility index (Phi) is 6.49. The molecule has 0 amide bonds. The second kappa shape index (κ2) is 9.05. The van der Waals surface area contributed by atoms with Gasteiger partial charge in [-0.05, 0) is 55.3 Å². The van der Waals surface area contributed by atoms with Gasteiger partial charge in [-0.15, -0.1) is 0 Å². The fourth-order valence-corrected chi connectivity index (χ4v) is 3.24. The normalized spacial score (nSPS) is 10.8. The van der Waals surface area contributed by atoms with Crippen molar-refractivity contribution < 1.29 is 19.0 Å². The van der Waals surface area contributed by atoms with Gasteiger partial charge in [-0.1, -0.05) is 36.2 Å². The third-order valence-electron chi connectivity index (χ3n) is 4.45. The third-order valence-corrected chi connectivity index (χ3v) is 4.80. The summed E-state index contributed by atoms with van der Waals surface area (Å²) < 4.78 is 19.2. The van der Waals surface area contributed by atoms with Crippen LogP contribution >= 0.6 is 11.6 Å². The van der Waals surface area contributed by atoms with Crippen LogP contribution in [0.15, 0.2) is 48.5 Å². The van der Waals surface area contributed by atoms with E-state index in [0.29, 0.717) is 29.3 Å². The number of pyridine rings is 1. The van der Waals surface area contributed by atoms with E-state index in [-0.39, 0.29) is 17.0 Å². The second-order valence-corrected chi connectivity index (χ2v) is 7.16. The summed E-state index contributed by atoms with van der Waals surface area (Å²) in [4.78, 5) is 16.3. The van der Waals surface area contributed by atoms with Crippen LogP contribution in [0.3, 0.4) is 0 Å². The van der Waals surface area contributed by atoms with E-state index in [2.05, 4.69) is 4.98 Å². The zero-order valence-electron chi connectivity index (χ0n) is 16.2. The zero-order chi connectivity index (χ0) is 21.0. The number of benzene rings is 2. The number of hydrogen-bond acceptors (Lipinski definition) is 3. The Morgan fingerprint density at radius 1 is 1.17 bits per heavy atom. The Hall–Kier alpha value is -2.92. The van der Waals surface area contributed by atoms with Gasteiger partial charge in [-0.3, -0.25) is 4.98 Å². The summed E-state index contributed by atoms with van der Waals surface area (Å²) in [5.74, 6) is -0.834. The van der Waals surface area contributed by atoms with Crippen molar-refractivity contribution in [2.75, 3.05) is 6.61 Å². The first-order chi connectivity index (χ1) is 13.9. The van der Waals surface area contributed by atoms with Crippen molar-refractivity contribution in [3.8, 4) is 17.0 Å². The number of hydrogen-bond donors (Lipinski definition) is 1. The third kappa shape index (κ3) is 4.93. The molecule has 29 heavy (non-hydrogen) atoms. The SMILES string of the molecule is CCCOc1ccc(C)cc1-c1ccc(C(=O)O)c(Cc2ccc(F)cc2Cl)n1. The maximum atomic E-state index is 13.4. The monoisotopic (exact) mass is 413 g/mol. The van der Waals surface area contributed by atoms with Crippen molar-refractivity contribution in [1.29, 1.82) is 0 Å². The van der Waals surface area contributed by atoms with Crippen LogP contribution in [0.2, 0.25) is 5.02 Å². The van der Waals surface area contributed by atoms with E-state index in [1.165, 1.54) is 18.2 Å². The van der Waals surface area contributed by atoms with Crippen LogP contribution in [-0.2, 0) is 6.42 Å². The summed E-state index contributed by atoms with van der Waals surface area (Å²) in [6.45, 7) is 4.57. The molecule has 3 rings (SSSR count). The number of carbonyl (C=O) groups is 1. The standard InChI is InChI=1S/C23H21ClFNO3/c1-3-10-29-22-9-4-14(2)11-18(22)20-8-7-17(23(27)28)21(26-20)12-15-5-6-16(25)13-19(15)24/h4-9,11,13H,3,10,12H2,1-2H3,(H,27,28). The highest BCUT2D eigenvalue weighted by Crippen LogP contribution is 2.31. The molecule has 4 nitrogen and oxygen atoms in total. The highest BCUT2D eigenvalue weighted by Gasteiger charge is 2.17. The van der Waals surface area contributed by atoms with E-state index in [1.807, 2.05) is 32.0 Å². The van der Waals surface area contributed by atoms with Crippen molar-refractivity contribution >= 4 is 17.6 Å². The van der Waals surface area contributed by atoms with Crippen LogP contribution in [0, 0.1) is 12.7 Å². The van der Waals surface area contributed by atoms with Crippen LogP contribution in [-0.4, -0.2) is 22.7 Å². The Bertz CT molecular complexity index is 1050. The van der Waals surface area contributed by atoms with Gasteiger partial charge in [0.05, 0.1) is 23.6 Å². The molecule has 0 spiro atoms. The van der Waals surface area contributed by atoms with E-state index in [4.69, 9.17) is 16.3 Å². The number of aromatic carboxylic acids is 1. The fourth-order valence-electron chi connectivity index (χ4n) is 3.01. The van der Waals surface area contributed by atoms with Crippen molar-refractivity contribution in [1.82, 2.24) is 4.98 Å². The molecule has 0 aliphatic heterocycles. The molecule has 0 saturated carbocycles. The lowest BCUT2D eigenvalue weighted by atomic mass is 10.0. The minimum atomic E-state index is -1.08. The van der Waals surface area contributed by atoms with E-state index in [1.54, 1.807) is 12.1 Å². The number of aryl methyl sites for hydroxylation is 1. The molecule has 0 saturated heterocycles. The first-order valence-electron chi connectivity index (χ1n) is 9.30. The van der Waals surface area contributed by atoms with Gasteiger partial charge in [0.2, 0.25) is 0 Å². The van der Waals surface area contributed by atoms with E-state index < -0.39 is 11.8 Å². The molecule has 0 bridgehead atoms. The Morgan fingerprint density at radius 2 is 1.97 bits per heavy atom. The Balaban J connectivity index is 2.08. The van der Waals surface area contributed by atoms with Gasteiger partial charge < -0.3 is 9.84 Å². The van der Waals surface area contributed by atoms with Gasteiger partial charge in [-0.2, -0.15) is 0 Å². The molecule has 0 aliphatic rings. The van der Waals surface area contributed by atoms with Gasteiger partial charge in [-0.25, -0.2) is 9.18 Å². The molecule has 1 N–H and O–H groups in total. The van der Waals surface area contributed by atoms with Crippen LogP contribution in [0.4, 0.5) is 4.39 Å². The average molecular weight is 414 g/mol. The molecule has 0 aliphatic carbocycles. The number of aromatic nitrogens is 1. The molecule has 0 unspecified atom stereocenters. The molecule has 0 atom stereocenters. The van der Waals surface area contributed by atoms with Crippen LogP contribution in [0.25, 0.3) is 11.3 Å². The molecular formula is C23H21ClFNO3. The van der Waals surface area contributed by atoms with Crippen LogP contribution < -0.4 is 4.74 Å². The minimum absolute atomic E-state index is 0.0813. The lowest BCUT2D eigenvalue weighted by Gasteiger charge is -2.14. The smallest absolute Gasteiger partial charge is 0.337 e. The Morgan fingerprint density at radius 3 is 2.66 bits per heavy atom. The summed E-state index contributed by atoms with van der Waals surface area (Å²) in [5, 5.41) is 9.81. The summed E-state index contributed by atoms with van der Waals surface area (Å²) >= 11 is 6.14. The highest BCUT2D eigenvalue weighted by molar-refractivity contribution is 6.31. The van der Waals surface area contributed by atoms with Crippen LogP contribution in [0.5, 0.6) is 5.75 Å². The zero-order valence-corrected chi connectivity index (χ0v) is 17.0. The van der Waals surface area contributed by atoms with E-state index in [0.717, 1.165) is 17.5 Å². The summed E-state index contributed by atoms with van der Waals surface area (Å²) in [7, 11) is 0. The lowest BCUT2D eigenvalue weighted by molar-refractivity contribution is 0.0695. The van der Waals surface area contributed by atoms with Crippen molar-refractivity contribution in [2.24, 2.45) is 0 Å². The molecule has 1 aromatic heterocycles. The largest absolute Gasteiger partial charge is 0.493 e. The number of nitrogens with zero attached hydrogens (tertiary/aromatic N) is 1. The summed E-state index contributed by atoms with van der Waals surface area (Å²) in [6.07, 6.45) is 1.04. The number of rotatable bonds is 7. The van der Waals surface area contributed by atoms with Crippen molar-refractivity contribution in [2.45, 2.75) is 26.7 Å². The molecule has 0 fully saturated rings. The molecule has 3 aromatic rings. The quantitative estimate of drug-likeness (QED) is 0.521. The first kappa shape index (κ1) is 20.8. The molecular weight excluding hydrogens is 393 g/mol. The molecule has 6 heteroatoms. The van der Waals surface area contributed by atoms with E-state index in [9.17, 15) is 14.3 Å². The highest BCUT2D eigenvalue weighted by atomic mass is 35.5. The van der Waals surface area contributed by atoms with Crippen molar-refractivity contribution in [3.05, 3.63) is 81.8 Å². The predicted octanol–water partition coefficient (Wildman–Crippen LogP) is 5.93. The maximum Gasteiger partial charge on any atom is 0.337 e. The van der Waals surface area contributed by atoms with E-state index >= 15 is 0 Å². The first-order valence-corrected chi connectivity index (χ1v) is 9.67. The van der Waals surface area contributed by atoms with Gasteiger partial charge in [0.15, 0.2) is 0 Å². The summed E-state index contributed by atoms with van der Waals surface area (Å²) in [5.41, 5.74) is 3.48. The van der Waals surface area contributed by atoms with Gasteiger partial charge in [0, 0.05) is 17.0 Å². The fraction of sp³-hybridized carbons (Fsp3) is 0.217. The molecule has 0 radical (unpaired) electrons. The van der Waals surface area contributed by atoms with Crippen molar-refractivity contribution in [3.63, 3.8) is 0 Å². The minimum Gasteiger partial charge on any atom is -0.493 e. The number of carboxylic acid groups (broad SMARTS) is 1. The summed E-state index contributed by atoms with van der Waals surface area (Å²) in [6, 6.07) is 13.1.